The number of amides is 1. The van der Waals surface area contributed by atoms with Gasteiger partial charge in [-0.25, -0.2) is 0 Å². The van der Waals surface area contributed by atoms with Gasteiger partial charge in [-0.3, -0.25) is 4.79 Å². The lowest BCUT2D eigenvalue weighted by atomic mass is 10.1. The number of carbonyl (C=O) groups excluding carboxylic acids is 1. The Bertz CT molecular complexity index is 373. The van der Waals surface area contributed by atoms with Crippen LogP contribution in [0.3, 0.4) is 0 Å². The van der Waals surface area contributed by atoms with E-state index in [1.165, 1.54) is 6.42 Å². The van der Waals surface area contributed by atoms with Crippen molar-refractivity contribution < 1.29 is 9.32 Å². The van der Waals surface area contributed by atoms with E-state index in [0.29, 0.717) is 6.42 Å². The van der Waals surface area contributed by atoms with E-state index in [0.717, 1.165) is 49.4 Å². The van der Waals surface area contributed by atoms with E-state index in [9.17, 15) is 4.79 Å². The summed E-state index contributed by atoms with van der Waals surface area (Å²) in [5, 5.41) is 3.91. The number of rotatable bonds is 3. The number of likely N-dealkylation sites (tertiary alicyclic amines) is 1. The maximum Gasteiger partial charge on any atom is 0.222 e. The highest BCUT2D eigenvalue weighted by atomic mass is 16.5. The Morgan fingerprint density at radius 2 is 2.00 bits per heavy atom. The highest BCUT2D eigenvalue weighted by molar-refractivity contribution is 5.76. The van der Waals surface area contributed by atoms with Crippen molar-refractivity contribution in [3.63, 3.8) is 0 Å². The van der Waals surface area contributed by atoms with Crippen molar-refractivity contribution in [2.24, 2.45) is 0 Å². The zero-order valence-electron chi connectivity index (χ0n) is 10.7. The molecular weight excluding hydrogens is 216 g/mol. The highest BCUT2D eigenvalue weighted by Crippen LogP contribution is 2.16. The molecule has 94 valence electrons. The van der Waals surface area contributed by atoms with Crippen molar-refractivity contribution >= 4 is 5.91 Å². The number of aromatic nitrogens is 1. The third-order valence-electron chi connectivity index (χ3n) is 3.48. The molecule has 17 heavy (non-hydrogen) atoms. The molecule has 1 aliphatic rings. The van der Waals surface area contributed by atoms with E-state index in [-0.39, 0.29) is 5.91 Å². The second-order valence-corrected chi connectivity index (χ2v) is 4.74. The van der Waals surface area contributed by atoms with Gasteiger partial charge < -0.3 is 9.42 Å². The van der Waals surface area contributed by atoms with Crippen molar-refractivity contribution in [2.75, 3.05) is 13.1 Å². The minimum absolute atomic E-state index is 0.268. The molecule has 0 unspecified atom stereocenters. The molecule has 0 spiro atoms. The summed E-state index contributed by atoms with van der Waals surface area (Å²) in [5.41, 5.74) is 2.00. The van der Waals surface area contributed by atoms with E-state index in [1.54, 1.807) is 0 Å². The first kappa shape index (κ1) is 12.1. The number of hydrogen-bond donors (Lipinski definition) is 0. The first-order chi connectivity index (χ1) is 8.18. The standard InChI is InChI=1S/C13H20N2O2/c1-10-12(11(2)17-14-10)6-7-13(16)15-8-4-3-5-9-15/h3-9H2,1-2H3. The molecule has 0 radical (unpaired) electrons. The number of aryl methyl sites for hydroxylation is 2. The van der Waals surface area contributed by atoms with Gasteiger partial charge in [-0.2, -0.15) is 0 Å². The minimum atomic E-state index is 0.268. The van der Waals surface area contributed by atoms with Gasteiger partial charge in [0, 0.05) is 25.1 Å². The van der Waals surface area contributed by atoms with Crippen molar-refractivity contribution in [1.82, 2.24) is 10.1 Å². The predicted octanol–water partition coefficient (Wildman–Crippen LogP) is 2.24. The largest absolute Gasteiger partial charge is 0.361 e. The number of nitrogens with zero attached hydrogens (tertiary/aromatic N) is 2. The molecule has 0 aliphatic carbocycles. The zero-order valence-corrected chi connectivity index (χ0v) is 10.7. The molecule has 0 N–H and O–H groups in total. The maximum atomic E-state index is 12.0. The monoisotopic (exact) mass is 236 g/mol. The molecule has 1 aromatic rings. The van der Waals surface area contributed by atoms with Crippen molar-refractivity contribution in [3.8, 4) is 0 Å². The summed E-state index contributed by atoms with van der Waals surface area (Å²) in [6.07, 6.45) is 4.88. The topological polar surface area (TPSA) is 46.3 Å². The van der Waals surface area contributed by atoms with E-state index >= 15 is 0 Å². The van der Waals surface area contributed by atoms with Gasteiger partial charge in [0.2, 0.25) is 5.91 Å². The van der Waals surface area contributed by atoms with E-state index in [2.05, 4.69) is 5.16 Å². The Balaban J connectivity index is 1.87. The molecule has 0 aromatic carbocycles. The molecule has 0 atom stereocenters. The highest BCUT2D eigenvalue weighted by Gasteiger charge is 2.17. The van der Waals surface area contributed by atoms with Gasteiger partial charge in [-0.1, -0.05) is 5.16 Å². The van der Waals surface area contributed by atoms with E-state index < -0.39 is 0 Å². The van der Waals surface area contributed by atoms with Crippen LogP contribution in [-0.2, 0) is 11.2 Å². The molecule has 1 aliphatic heterocycles. The third-order valence-corrected chi connectivity index (χ3v) is 3.48. The molecule has 2 heterocycles. The summed E-state index contributed by atoms with van der Waals surface area (Å²) >= 11 is 0. The molecule has 4 nitrogen and oxygen atoms in total. The molecule has 1 saturated heterocycles. The minimum Gasteiger partial charge on any atom is -0.361 e. The Morgan fingerprint density at radius 1 is 1.29 bits per heavy atom. The van der Waals surface area contributed by atoms with E-state index in [4.69, 9.17) is 4.52 Å². The lowest BCUT2D eigenvalue weighted by Crippen LogP contribution is -2.35. The average Bonchev–Trinajstić information content (AvgIpc) is 2.67. The normalized spacial score (nSPS) is 16.2. The summed E-state index contributed by atoms with van der Waals surface area (Å²) in [6, 6.07) is 0. The first-order valence-electron chi connectivity index (χ1n) is 6.38. The number of hydrogen-bond acceptors (Lipinski definition) is 3. The second kappa shape index (κ2) is 5.34. The maximum absolute atomic E-state index is 12.0. The Labute approximate surface area is 102 Å². The van der Waals surface area contributed by atoms with Gasteiger partial charge in [0.1, 0.15) is 5.76 Å². The molecule has 1 amide bonds. The van der Waals surface area contributed by atoms with Crippen LogP contribution in [0.15, 0.2) is 4.52 Å². The van der Waals surface area contributed by atoms with Crippen LogP contribution in [0, 0.1) is 13.8 Å². The quantitative estimate of drug-likeness (QED) is 0.808. The van der Waals surface area contributed by atoms with Crippen LogP contribution in [0.25, 0.3) is 0 Å². The fourth-order valence-electron chi connectivity index (χ4n) is 2.39. The van der Waals surface area contributed by atoms with Gasteiger partial charge in [-0.05, 0) is 39.5 Å². The lowest BCUT2D eigenvalue weighted by Gasteiger charge is -2.26. The zero-order chi connectivity index (χ0) is 12.3. The van der Waals surface area contributed by atoms with Crippen molar-refractivity contribution in [3.05, 3.63) is 17.0 Å². The average molecular weight is 236 g/mol. The first-order valence-corrected chi connectivity index (χ1v) is 6.38. The molecule has 0 bridgehead atoms. The molecule has 1 fully saturated rings. The fourth-order valence-corrected chi connectivity index (χ4v) is 2.39. The van der Waals surface area contributed by atoms with Crippen LogP contribution in [0.4, 0.5) is 0 Å². The summed E-state index contributed by atoms with van der Waals surface area (Å²) in [7, 11) is 0. The van der Waals surface area contributed by atoms with Gasteiger partial charge in [0.25, 0.3) is 0 Å². The smallest absolute Gasteiger partial charge is 0.222 e. The molecule has 0 saturated carbocycles. The molecule has 1 aromatic heterocycles. The van der Waals surface area contributed by atoms with Crippen molar-refractivity contribution in [2.45, 2.75) is 46.0 Å². The van der Waals surface area contributed by atoms with Crippen LogP contribution < -0.4 is 0 Å². The third kappa shape index (κ3) is 2.87. The number of piperidine rings is 1. The second-order valence-electron chi connectivity index (χ2n) is 4.74. The molecule has 2 rings (SSSR count). The van der Waals surface area contributed by atoms with Gasteiger partial charge in [-0.15, -0.1) is 0 Å². The predicted molar refractivity (Wildman–Crippen MR) is 64.7 cm³/mol. The lowest BCUT2D eigenvalue weighted by molar-refractivity contribution is -0.132. The van der Waals surface area contributed by atoms with Crippen LogP contribution in [0.1, 0.15) is 42.7 Å². The van der Waals surface area contributed by atoms with Crippen LogP contribution in [-0.4, -0.2) is 29.1 Å². The summed E-state index contributed by atoms with van der Waals surface area (Å²) in [5.74, 6) is 1.11. The van der Waals surface area contributed by atoms with Gasteiger partial charge in [0.05, 0.1) is 5.69 Å². The number of carbonyl (C=O) groups is 1. The van der Waals surface area contributed by atoms with Crippen LogP contribution >= 0.6 is 0 Å². The summed E-state index contributed by atoms with van der Waals surface area (Å²) in [4.78, 5) is 14.0. The summed E-state index contributed by atoms with van der Waals surface area (Å²) in [6.45, 7) is 5.69. The van der Waals surface area contributed by atoms with Crippen LogP contribution in [0.2, 0.25) is 0 Å². The Kier molecular flexibility index (Phi) is 3.82. The van der Waals surface area contributed by atoms with Gasteiger partial charge >= 0.3 is 0 Å². The Morgan fingerprint density at radius 3 is 2.59 bits per heavy atom. The molecular formula is C13H20N2O2. The molecule has 4 heteroatoms. The summed E-state index contributed by atoms with van der Waals surface area (Å²) < 4.78 is 5.10. The van der Waals surface area contributed by atoms with Crippen LogP contribution in [0.5, 0.6) is 0 Å². The van der Waals surface area contributed by atoms with Gasteiger partial charge in [0.15, 0.2) is 0 Å². The van der Waals surface area contributed by atoms with Crippen molar-refractivity contribution in [1.29, 1.82) is 0 Å². The van der Waals surface area contributed by atoms with E-state index in [1.807, 2.05) is 18.7 Å². The fraction of sp³-hybridized carbons (Fsp3) is 0.692. The Hall–Kier alpha value is -1.32. The SMILES string of the molecule is Cc1noc(C)c1CCC(=O)N1CCCCC1.